The van der Waals surface area contributed by atoms with Gasteiger partial charge in [-0.3, -0.25) is 14.2 Å². The molecule has 0 unspecified atom stereocenters. The molecule has 2 aromatic heterocycles. The van der Waals surface area contributed by atoms with E-state index in [1.165, 1.54) is 23.1 Å². The Morgan fingerprint density at radius 3 is 2.54 bits per heavy atom. The van der Waals surface area contributed by atoms with Gasteiger partial charge in [-0.25, -0.2) is 4.98 Å². The smallest absolute Gasteiger partial charge is 0.272 e. The van der Waals surface area contributed by atoms with Gasteiger partial charge in [0.1, 0.15) is 4.70 Å². The highest BCUT2D eigenvalue weighted by molar-refractivity contribution is 7.99. The molecular weight excluding hydrogens is 390 g/mol. The summed E-state index contributed by atoms with van der Waals surface area (Å²) in [4.78, 5) is 32.3. The minimum atomic E-state index is -0.0437. The number of amides is 1. The molecule has 28 heavy (non-hydrogen) atoms. The van der Waals surface area contributed by atoms with E-state index < -0.39 is 0 Å². The van der Waals surface area contributed by atoms with Gasteiger partial charge < -0.3 is 4.90 Å². The Morgan fingerprint density at radius 2 is 1.86 bits per heavy atom. The molecule has 1 aromatic carbocycles. The van der Waals surface area contributed by atoms with Gasteiger partial charge in [-0.2, -0.15) is 0 Å². The molecule has 0 fully saturated rings. The number of benzene rings is 1. The highest BCUT2D eigenvalue weighted by Crippen LogP contribution is 2.22. The SMILES string of the molecule is CCCN(CCC)C(=O)CSc1nc2ccsc2c(=O)n1Cc1ccccc1. The summed E-state index contributed by atoms with van der Waals surface area (Å²) >= 11 is 2.76. The van der Waals surface area contributed by atoms with Crippen LogP contribution in [0.3, 0.4) is 0 Å². The van der Waals surface area contributed by atoms with Crippen molar-refractivity contribution in [2.45, 2.75) is 38.4 Å². The van der Waals surface area contributed by atoms with E-state index in [2.05, 4.69) is 18.8 Å². The third-order valence-electron chi connectivity index (χ3n) is 4.38. The molecule has 0 atom stereocenters. The van der Waals surface area contributed by atoms with Crippen molar-refractivity contribution in [3.05, 3.63) is 57.7 Å². The standard InChI is InChI=1S/C21H25N3O2S2/c1-3-11-23(12-4-2)18(25)15-28-21-22-17-10-13-27-19(17)20(26)24(21)14-16-8-6-5-7-9-16/h5-10,13H,3-4,11-12,14-15H2,1-2H3. The summed E-state index contributed by atoms with van der Waals surface area (Å²) < 4.78 is 2.35. The molecule has 0 N–H and O–H groups in total. The van der Waals surface area contributed by atoms with Crippen LogP contribution >= 0.6 is 23.1 Å². The zero-order chi connectivity index (χ0) is 19.9. The largest absolute Gasteiger partial charge is 0.342 e. The van der Waals surface area contributed by atoms with Crippen LogP contribution in [0.1, 0.15) is 32.3 Å². The molecular formula is C21H25N3O2S2. The Morgan fingerprint density at radius 1 is 1.14 bits per heavy atom. The lowest BCUT2D eigenvalue weighted by Gasteiger charge is -2.21. The fourth-order valence-corrected chi connectivity index (χ4v) is 4.74. The Kier molecular flexibility index (Phi) is 7.28. The summed E-state index contributed by atoms with van der Waals surface area (Å²) in [5.74, 6) is 0.385. The molecule has 5 nitrogen and oxygen atoms in total. The maximum atomic E-state index is 13.0. The molecule has 0 bridgehead atoms. The molecule has 0 saturated carbocycles. The third kappa shape index (κ3) is 4.83. The first-order chi connectivity index (χ1) is 13.6. The molecule has 3 rings (SSSR count). The van der Waals surface area contributed by atoms with Crippen molar-refractivity contribution in [1.29, 1.82) is 0 Å². The quantitative estimate of drug-likeness (QED) is 0.387. The van der Waals surface area contributed by atoms with Crippen molar-refractivity contribution in [3.63, 3.8) is 0 Å². The molecule has 7 heteroatoms. The van der Waals surface area contributed by atoms with E-state index in [-0.39, 0.29) is 17.2 Å². The Labute approximate surface area is 173 Å². The van der Waals surface area contributed by atoms with E-state index in [1.807, 2.05) is 46.7 Å². The number of aromatic nitrogens is 2. The number of rotatable bonds is 9. The van der Waals surface area contributed by atoms with Gasteiger partial charge in [0.2, 0.25) is 5.91 Å². The van der Waals surface area contributed by atoms with E-state index in [0.29, 0.717) is 21.9 Å². The van der Waals surface area contributed by atoms with Crippen LogP contribution in [0.25, 0.3) is 10.2 Å². The fourth-order valence-electron chi connectivity index (χ4n) is 3.06. The second-order valence-corrected chi connectivity index (χ2v) is 8.43. The van der Waals surface area contributed by atoms with E-state index in [1.54, 1.807) is 4.57 Å². The van der Waals surface area contributed by atoms with Gasteiger partial charge in [0, 0.05) is 13.1 Å². The summed E-state index contributed by atoms with van der Waals surface area (Å²) in [6, 6.07) is 11.7. The maximum absolute atomic E-state index is 13.0. The van der Waals surface area contributed by atoms with Crippen LogP contribution in [0.5, 0.6) is 0 Å². The predicted molar refractivity (Wildman–Crippen MR) is 117 cm³/mol. The highest BCUT2D eigenvalue weighted by Gasteiger charge is 2.17. The van der Waals surface area contributed by atoms with Crippen molar-refractivity contribution in [2.24, 2.45) is 0 Å². The number of thiophene rings is 1. The first-order valence-electron chi connectivity index (χ1n) is 9.56. The van der Waals surface area contributed by atoms with Gasteiger partial charge in [0.05, 0.1) is 17.8 Å². The minimum absolute atomic E-state index is 0.0437. The van der Waals surface area contributed by atoms with Gasteiger partial charge in [-0.1, -0.05) is 55.9 Å². The molecule has 0 aliphatic carbocycles. The average molecular weight is 416 g/mol. The van der Waals surface area contributed by atoms with Crippen LogP contribution in [-0.2, 0) is 11.3 Å². The van der Waals surface area contributed by atoms with Crippen molar-refractivity contribution >= 4 is 39.2 Å². The van der Waals surface area contributed by atoms with Crippen LogP contribution in [-0.4, -0.2) is 39.2 Å². The number of hydrogen-bond acceptors (Lipinski definition) is 5. The van der Waals surface area contributed by atoms with Crippen LogP contribution < -0.4 is 5.56 Å². The monoisotopic (exact) mass is 415 g/mol. The van der Waals surface area contributed by atoms with E-state index in [0.717, 1.165) is 31.5 Å². The lowest BCUT2D eigenvalue weighted by molar-refractivity contribution is -0.128. The van der Waals surface area contributed by atoms with Gasteiger partial charge in [-0.05, 0) is 29.9 Å². The first kappa shape index (κ1) is 20.6. The molecule has 148 valence electrons. The minimum Gasteiger partial charge on any atom is -0.342 e. The molecule has 0 saturated heterocycles. The van der Waals surface area contributed by atoms with E-state index >= 15 is 0 Å². The molecule has 0 radical (unpaired) electrons. The maximum Gasteiger partial charge on any atom is 0.272 e. The van der Waals surface area contributed by atoms with Gasteiger partial charge in [0.25, 0.3) is 5.56 Å². The lowest BCUT2D eigenvalue weighted by atomic mass is 10.2. The number of thioether (sulfide) groups is 1. The number of nitrogens with zero attached hydrogens (tertiary/aromatic N) is 3. The Balaban J connectivity index is 1.87. The number of carbonyl (C=O) groups excluding carboxylic acids is 1. The topological polar surface area (TPSA) is 55.2 Å². The van der Waals surface area contributed by atoms with Gasteiger partial charge in [0.15, 0.2) is 5.16 Å². The molecule has 0 aliphatic rings. The Hall–Kier alpha value is -2.12. The summed E-state index contributed by atoms with van der Waals surface area (Å²) in [7, 11) is 0. The summed E-state index contributed by atoms with van der Waals surface area (Å²) in [6.45, 7) is 6.13. The normalized spacial score (nSPS) is 11.1. The number of carbonyl (C=O) groups is 1. The average Bonchev–Trinajstić information content (AvgIpc) is 3.18. The van der Waals surface area contributed by atoms with Crippen LogP contribution in [0.4, 0.5) is 0 Å². The van der Waals surface area contributed by atoms with Gasteiger partial charge in [-0.15, -0.1) is 11.3 Å². The van der Waals surface area contributed by atoms with E-state index in [4.69, 9.17) is 0 Å². The molecule has 2 heterocycles. The second kappa shape index (κ2) is 9.89. The highest BCUT2D eigenvalue weighted by atomic mass is 32.2. The zero-order valence-electron chi connectivity index (χ0n) is 16.3. The molecule has 0 aliphatic heterocycles. The van der Waals surface area contributed by atoms with Crippen molar-refractivity contribution < 1.29 is 4.79 Å². The summed E-state index contributed by atoms with van der Waals surface area (Å²) in [6.07, 6.45) is 1.88. The van der Waals surface area contributed by atoms with Crippen LogP contribution in [0, 0.1) is 0 Å². The fraction of sp³-hybridized carbons (Fsp3) is 0.381. The summed E-state index contributed by atoms with van der Waals surface area (Å²) in [5, 5.41) is 2.48. The second-order valence-electron chi connectivity index (χ2n) is 6.58. The van der Waals surface area contributed by atoms with Crippen LogP contribution in [0.15, 0.2) is 51.7 Å². The van der Waals surface area contributed by atoms with E-state index in [9.17, 15) is 9.59 Å². The lowest BCUT2D eigenvalue weighted by Crippen LogP contribution is -2.34. The van der Waals surface area contributed by atoms with Crippen molar-refractivity contribution in [1.82, 2.24) is 14.5 Å². The third-order valence-corrected chi connectivity index (χ3v) is 6.23. The zero-order valence-corrected chi connectivity index (χ0v) is 17.9. The van der Waals surface area contributed by atoms with Crippen molar-refractivity contribution in [3.8, 4) is 0 Å². The summed E-state index contributed by atoms with van der Waals surface area (Å²) in [5.41, 5.74) is 1.69. The Bertz CT molecular complexity index is 976. The molecule has 1 amide bonds. The first-order valence-corrected chi connectivity index (χ1v) is 11.4. The van der Waals surface area contributed by atoms with Crippen LogP contribution in [0.2, 0.25) is 0 Å². The van der Waals surface area contributed by atoms with Crippen molar-refractivity contribution in [2.75, 3.05) is 18.8 Å². The number of hydrogen-bond donors (Lipinski definition) is 0. The molecule has 0 spiro atoms. The molecule has 3 aromatic rings. The predicted octanol–water partition coefficient (Wildman–Crippen LogP) is 4.25. The number of fused-ring (bicyclic) bond motifs is 1. The van der Waals surface area contributed by atoms with Gasteiger partial charge >= 0.3 is 0 Å².